The summed E-state index contributed by atoms with van der Waals surface area (Å²) in [6.07, 6.45) is 0.165. The molecule has 8 nitrogen and oxygen atoms in total. The molecule has 210 valence electrons. The molecular formula is C29H37F2N5O3. The fourth-order valence-corrected chi connectivity index (χ4v) is 5.17. The molecule has 1 N–H and O–H groups in total. The molecule has 0 aromatic heterocycles. The van der Waals surface area contributed by atoms with Gasteiger partial charge in [-0.15, -0.1) is 0 Å². The molecule has 2 aliphatic heterocycles. The van der Waals surface area contributed by atoms with E-state index in [2.05, 4.69) is 30.6 Å². The maximum absolute atomic E-state index is 13.5. The Labute approximate surface area is 228 Å². The summed E-state index contributed by atoms with van der Waals surface area (Å²) >= 11 is 0. The molecule has 2 aromatic carbocycles. The third kappa shape index (κ3) is 6.93. The van der Waals surface area contributed by atoms with Gasteiger partial charge in [0.1, 0.15) is 17.8 Å². The predicted octanol–water partition coefficient (Wildman–Crippen LogP) is 3.95. The van der Waals surface area contributed by atoms with Crippen LogP contribution in [0.4, 0.5) is 13.6 Å². The van der Waals surface area contributed by atoms with Gasteiger partial charge >= 0.3 is 6.03 Å². The van der Waals surface area contributed by atoms with Crippen molar-refractivity contribution in [2.24, 2.45) is 5.92 Å². The Bertz CT molecular complexity index is 1180. The first-order valence-corrected chi connectivity index (χ1v) is 13.2. The van der Waals surface area contributed by atoms with Crippen molar-refractivity contribution in [2.75, 3.05) is 33.3 Å². The number of carbonyl (C=O) groups is 2. The highest BCUT2D eigenvalue weighted by molar-refractivity contribution is 5.83. The summed E-state index contributed by atoms with van der Waals surface area (Å²) in [6, 6.07) is 11.7. The third-order valence-corrected chi connectivity index (χ3v) is 7.06. The van der Waals surface area contributed by atoms with E-state index in [4.69, 9.17) is 4.74 Å². The molecule has 39 heavy (non-hydrogen) atoms. The number of hydrogen-bond acceptors (Lipinski definition) is 5. The van der Waals surface area contributed by atoms with Gasteiger partial charge in [0.25, 0.3) is 0 Å². The van der Waals surface area contributed by atoms with Crippen LogP contribution in [0.2, 0.25) is 0 Å². The van der Waals surface area contributed by atoms with Crippen molar-refractivity contribution in [3.8, 4) is 0 Å². The van der Waals surface area contributed by atoms with Crippen LogP contribution in [0.3, 0.4) is 0 Å². The first kappa shape index (κ1) is 28.5. The standard InChI is InChI=1S/C29H37F2N5O3/c1-20(2)14-26-21(3)34(12-13-39-19-23-6-5-7-25(31)15-23)17-27-35(26)28(37)18-33(4)36(27)29(38)32-16-22-8-10-24(30)11-9-22/h5-11,15,20,26-27H,3,12-14,16-19H2,1-2,4H3,(H,32,38)/t26-,27?/m0/s1. The zero-order chi connectivity index (χ0) is 28.1. The van der Waals surface area contributed by atoms with Gasteiger partial charge in [-0.1, -0.05) is 44.7 Å². The first-order valence-electron chi connectivity index (χ1n) is 13.2. The predicted molar refractivity (Wildman–Crippen MR) is 144 cm³/mol. The van der Waals surface area contributed by atoms with Gasteiger partial charge in [0, 0.05) is 25.8 Å². The van der Waals surface area contributed by atoms with E-state index in [1.807, 2.05) is 6.07 Å². The number of hydrogen-bond donors (Lipinski definition) is 1. The van der Waals surface area contributed by atoms with E-state index in [0.29, 0.717) is 32.0 Å². The van der Waals surface area contributed by atoms with Crippen LogP contribution in [-0.2, 0) is 22.7 Å². The number of fused-ring (bicyclic) bond motifs is 1. The van der Waals surface area contributed by atoms with Crippen LogP contribution in [0, 0.1) is 17.6 Å². The number of carbonyl (C=O) groups excluding carboxylic acids is 2. The quantitative estimate of drug-likeness (QED) is 0.487. The first-order chi connectivity index (χ1) is 18.6. The third-order valence-electron chi connectivity index (χ3n) is 7.06. The largest absolute Gasteiger partial charge is 0.375 e. The van der Waals surface area contributed by atoms with Gasteiger partial charge in [0.2, 0.25) is 5.91 Å². The lowest BCUT2D eigenvalue weighted by Gasteiger charge is -2.56. The van der Waals surface area contributed by atoms with Crippen LogP contribution in [-0.4, -0.2) is 77.3 Å². The number of nitrogens with zero attached hydrogens (tertiary/aromatic N) is 4. The summed E-state index contributed by atoms with van der Waals surface area (Å²) in [4.78, 5) is 30.6. The number of amides is 3. The topological polar surface area (TPSA) is 68.4 Å². The molecule has 2 saturated heterocycles. The van der Waals surface area contributed by atoms with E-state index in [1.54, 1.807) is 40.2 Å². The highest BCUT2D eigenvalue weighted by Gasteiger charge is 2.48. The summed E-state index contributed by atoms with van der Waals surface area (Å²) in [7, 11) is 1.72. The summed E-state index contributed by atoms with van der Waals surface area (Å²) in [5.41, 5.74) is 2.34. The Morgan fingerprint density at radius 3 is 2.56 bits per heavy atom. The lowest BCUT2D eigenvalue weighted by atomic mass is 9.95. The fourth-order valence-electron chi connectivity index (χ4n) is 5.17. The summed E-state index contributed by atoms with van der Waals surface area (Å²) in [5.74, 6) is -0.404. The number of ether oxygens (including phenoxy) is 1. The second-order valence-electron chi connectivity index (χ2n) is 10.5. The van der Waals surface area contributed by atoms with E-state index in [0.717, 1.165) is 16.8 Å². The van der Waals surface area contributed by atoms with E-state index in [1.165, 1.54) is 24.3 Å². The normalized spacial score (nSPS) is 20.0. The van der Waals surface area contributed by atoms with E-state index >= 15 is 0 Å². The maximum atomic E-state index is 13.5. The number of halogens is 2. The molecule has 2 aromatic rings. The Kier molecular flexibility index (Phi) is 9.19. The average molecular weight is 542 g/mol. The number of urea groups is 1. The lowest BCUT2D eigenvalue weighted by molar-refractivity contribution is -0.176. The second kappa shape index (κ2) is 12.6. The van der Waals surface area contributed by atoms with Crippen molar-refractivity contribution in [3.63, 3.8) is 0 Å². The molecule has 0 saturated carbocycles. The molecular weight excluding hydrogens is 504 g/mol. The van der Waals surface area contributed by atoms with Gasteiger partial charge in [-0.25, -0.2) is 23.6 Å². The number of rotatable bonds is 9. The molecule has 10 heteroatoms. The Hall–Kier alpha value is -3.50. The van der Waals surface area contributed by atoms with Crippen molar-refractivity contribution in [1.29, 1.82) is 0 Å². The monoisotopic (exact) mass is 541 g/mol. The van der Waals surface area contributed by atoms with Crippen LogP contribution in [0.25, 0.3) is 0 Å². The Balaban J connectivity index is 1.48. The number of nitrogens with one attached hydrogen (secondary N) is 1. The van der Waals surface area contributed by atoms with Crippen LogP contribution in [0.5, 0.6) is 0 Å². The van der Waals surface area contributed by atoms with E-state index < -0.39 is 6.17 Å². The molecule has 2 fully saturated rings. The van der Waals surface area contributed by atoms with Crippen molar-refractivity contribution in [2.45, 2.75) is 45.6 Å². The molecule has 1 unspecified atom stereocenters. The lowest BCUT2D eigenvalue weighted by Crippen LogP contribution is -2.74. The van der Waals surface area contributed by atoms with Crippen molar-refractivity contribution in [1.82, 2.24) is 25.1 Å². The smallest absolute Gasteiger partial charge is 0.334 e. The van der Waals surface area contributed by atoms with Gasteiger partial charge in [0.15, 0.2) is 0 Å². The minimum absolute atomic E-state index is 0.0566. The molecule has 0 aliphatic carbocycles. The molecule has 2 aliphatic rings. The van der Waals surface area contributed by atoms with Crippen LogP contribution < -0.4 is 5.32 Å². The molecule has 2 heterocycles. The van der Waals surface area contributed by atoms with E-state index in [9.17, 15) is 18.4 Å². The fraction of sp³-hybridized carbons (Fsp3) is 0.448. The summed E-state index contributed by atoms with van der Waals surface area (Å²) in [6.45, 7) is 10.4. The van der Waals surface area contributed by atoms with Crippen LogP contribution in [0.1, 0.15) is 31.4 Å². The molecule has 0 bridgehead atoms. The highest BCUT2D eigenvalue weighted by atomic mass is 19.1. The molecule has 0 radical (unpaired) electrons. The van der Waals surface area contributed by atoms with Crippen LogP contribution >= 0.6 is 0 Å². The number of likely N-dealkylation sites (N-methyl/N-ethyl adjacent to an activating group) is 1. The van der Waals surface area contributed by atoms with Gasteiger partial charge in [0.05, 0.1) is 32.3 Å². The zero-order valence-electron chi connectivity index (χ0n) is 22.8. The van der Waals surface area contributed by atoms with E-state index in [-0.39, 0.29) is 49.3 Å². The average Bonchev–Trinajstić information content (AvgIpc) is 2.88. The number of piperazine rings is 1. The van der Waals surface area contributed by atoms with Crippen molar-refractivity contribution >= 4 is 11.9 Å². The highest BCUT2D eigenvalue weighted by Crippen LogP contribution is 2.33. The maximum Gasteiger partial charge on any atom is 0.334 e. The molecule has 4 rings (SSSR count). The minimum Gasteiger partial charge on any atom is -0.375 e. The SMILES string of the molecule is C=C1[C@H](CC(C)C)N2C(=O)CN(C)N(C(=O)NCc3ccc(F)cc3)C2CN1CCOCc1cccc(F)c1. The zero-order valence-corrected chi connectivity index (χ0v) is 22.8. The van der Waals surface area contributed by atoms with Gasteiger partial charge < -0.3 is 19.9 Å². The van der Waals surface area contributed by atoms with Crippen LogP contribution in [0.15, 0.2) is 60.8 Å². The van der Waals surface area contributed by atoms with Gasteiger partial charge in [-0.2, -0.15) is 0 Å². The Morgan fingerprint density at radius 2 is 1.87 bits per heavy atom. The van der Waals surface area contributed by atoms with Gasteiger partial charge in [-0.05, 0) is 47.7 Å². The number of hydrazine groups is 1. The second-order valence-corrected chi connectivity index (χ2v) is 10.5. The van der Waals surface area contributed by atoms with Crippen molar-refractivity contribution < 1.29 is 23.1 Å². The summed E-state index contributed by atoms with van der Waals surface area (Å²) in [5, 5.41) is 6.14. The molecule has 0 spiro atoms. The van der Waals surface area contributed by atoms with Gasteiger partial charge in [-0.3, -0.25) is 4.79 Å². The minimum atomic E-state index is -0.540. The molecule has 2 atom stereocenters. The Morgan fingerprint density at radius 1 is 1.13 bits per heavy atom. The molecule has 3 amide bonds. The summed E-state index contributed by atoms with van der Waals surface area (Å²) < 4.78 is 32.6. The van der Waals surface area contributed by atoms with Crippen molar-refractivity contribution in [3.05, 3.63) is 83.6 Å². The number of benzene rings is 2.